The Hall–Kier alpha value is -2.52. The van der Waals surface area contributed by atoms with Crippen LogP contribution in [0.4, 0.5) is 5.69 Å². The molecule has 0 aliphatic heterocycles. The number of aromatic nitrogens is 4. The topological polar surface area (TPSA) is 107 Å². The first kappa shape index (κ1) is 14.4. The molecule has 2 N–H and O–H groups in total. The van der Waals surface area contributed by atoms with Gasteiger partial charge < -0.3 is 5.73 Å². The second-order valence-electron chi connectivity index (χ2n) is 4.89. The average molecular weight is 318 g/mol. The van der Waals surface area contributed by atoms with E-state index in [-0.39, 0.29) is 0 Å². The van der Waals surface area contributed by atoms with Crippen LogP contribution in [0.1, 0.15) is 0 Å². The average Bonchev–Trinajstić information content (AvgIpc) is 2.93. The Balaban J connectivity index is 2.29. The molecule has 0 amide bonds. The first-order valence-electron chi connectivity index (χ1n) is 6.39. The van der Waals surface area contributed by atoms with Gasteiger partial charge in [0.15, 0.2) is 0 Å². The number of rotatable bonds is 3. The van der Waals surface area contributed by atoms with Crippen LogP contribution in [0, 0.1) is 0 Å². The highest BCUT2D eigenvalue weighted by atomic mass is 32.2. The van der Waals surface area contributed by atoms with E-state index in [0.717, 1.165) is 19.5 Å². The van der Waals surface area contributed by atoms with E-state index in [0.29, 0.717) is 16.7 Å². The van der Waals surface area contributed by atoms with Gasteiger partial charge in [0.05, 0.1) is 5.69 Å². The maximum atomic E-state index is 12.3. The molecule has 0 spiro atoms. The summed E-state index contributed by atoms with van der Waals surface area (Å²) in [7, 11) is -0.908. The zero-order chi connectivity index (χ0) is 15.9. The Labute approximate surface area is 127 Å². The predicted octanol–water partition coefficient (Wildman–Crippen LogP) is 0.730. The van der Waals surface area contributed by atoms with E-state index in [1.165, 1.54) is 14.1 Å². The number of benzene rings is 1. The molecule has 0 bridgehead atoms. The van der Waals surface area contributed by atoms with Crippen LogP contribution in [0.15, 0.2) is 36.7 Å². The lowest BCUT2D eigenvalue weighted by Gasteiger charge is -2.11. The molecule has 0 fully saturated rings. The quantitative estimate of drug-likeness (QED) is 0.713. The van der Waals surface area contributed by atoms with Crippen LogP contribution in [0.25, 0.3) is 22.2 Å². The van der Waals surface area contributed by atoms with E-state index in [2.05, 4.69) is 15.3 Å². The summed E-state index contributed by atoms with van der Waals surface area (Å²) in [4.78, 5) is 3.96. The predicted molar refractivity (Wildman–Crippen MR) is 83.2 cm³/mol. The summed E-state index contributed by atoms with van der Waals surface area (Å²) in [6.45, 7) is 0. The summed E-state index contributed by atoms with van der Waals surface area (Å²) < 4.78 is 26.5. The third-order valence-corrected chi connectivity index (χ3v) is 4.87. The molecule has 0 atom stereocenters. The van der Waals surface area contributed by atoms with Crippen molar-refractivity contribution >= 4 is 26.9 Å². The van der Waals surface area contributed by atoms with Gasteiger partial charge in [-0.25, -0.2) is 0 Å². The van der Waals surface area contributed by atoms with Crippen LogP contribution in [0.3, 0.4) is 0 Å². The number of fused-ring (bicyclic) bond motifs is 1. The van der Waals surface area contributed by atoms with Crippen LogP contribution in [-0.4, -0.2) is 46.2 Å². The molecule has 9 heteroatoms. The fraction of sp³-hybridized carbons (Fsp3) is 0.154. The largest absolute Gasteiger partial charge is 0.397 e. The third kappa shape index (κ3) is 2.20. The Bertz CT molecular complexity index is 934. The van der Waals surface area contributed by atoms with Crippen LogP contribution in [0.5, 0.6) is 0 Å². The Morgan fingerprint density at radius 1 is 1.14 bits per heavy atom. The number of nitrogens with two attached hydrogens (primary N) is 1. The van der Waals surface area contributed by atoms with Gasteiger partial charge in [0.2, 0.25) is 0 Å². The highest BCUT2D eigenvalue weighted by Crippen LogP contribution is 2.28. The van der Waals surface area contributed by atoms with Crippen molar-refractivity contribution in [3.8, 4) is 11.1 Å². The Kier molecular flexibility index (Phi) is 3.30. The molecule has 2 aromatic heterocycles. The molecule has 2 heterocycles. The normalized spacial score (nSPS) is 12.1. The van der Waals surface area contributed by atoms with Gasteiger partial charge in [0, 0.05) is 26.5 Å². The van der Waals surface area contributed by atoms with E-state index < -0.39 is 10.2 Å². The maximum Gasteiger partial charge on any atom is 0.324 e. The molecule has 0 radical (unpaired) electrons. The van der Waals surface area contributed by atoms with Crippen molar-refractivity contribution in [2.75, 3.05) is 19.8 Å². The van der Waals surface area contributed by atoms with Gasteiger partial charge in [-0.1, -0.05) is 0 Å². The van der Waals surface area contributed by atoms with Gasteiger partial charge in [0.1, 0.15) is 11.0 Å². The van der Waals surface area contributed by atoms with E-state index in [9.17, 15) is 8.42 Å². The molecule has 3 rings (SSSR count). The highest BCUT2D eigenvalue weighted by Gasteiger charge is 2.22. The molecule has 0 saturated heterocycles. The minimum Gasteiger partial charge on any atom is -0.397 e. The molecule has 0 aliphatic carbocycles. The number of hydrogen-bond acceptors (Lipinski definition) is 6. The molecule has 0 aliphatic rings. The first-order chi connectivity index (χ1) is 10.4. The number of nitrogens with zero attached hydrogens (tertiary/aromatic N) is 5. The van der Waals surface area contributed by atoms with Crippen molar-refractivity contribution in [1.29, 1.82) is 0 Å². The SMILES string of the molecule is CN(C)S(=O)(=O)n1nnc2c(N)cc(-c3ccncc3)cc21. The smallest absolute Gasteiger partial charge is 0.324 e. The summed E-state index contributed by atoms with van der Waals surface area (Å²) >= 11 is 0. The lowest BCUT2D eigenvalue weighted by atomic mass is 10.1. The molecule has 1 aromatic carbocycles. The summed E-state index contributed by atoms with van der Waals surface area (Å²) in [5, 5.41) is 7.60. The lowest BCUT2D eigenvalue weighted by molar-refractivity contribution is 0.504. The number of anilines is 1. The molecule has 0 unspecified atom stereocenters. The minimum absolute atomic E-state index is 0.334. The fourth-order valence-corrected chi connectivity index (χ4v) is 2.89. The number of pyridine rings is 1. The summed E-state index contributed by atoms with van der Waals surface area (Å²) in [5.74, 6) is 0. The number of hydrogen-bond donors (Lipinski definition) is 1. The van der Waals surface area contributed by atoms with Crippen molar-refractivity contribution < 1.29 is 8.42 Å². The maximum absolute atomic E-state index is 12.3. The van der Waals surface area contributed by atoms with Gasteiger partial charge >= 0.3 is 10.2 Å². The van der Waals surface area contributed by atoms with Crippen LogP contribution in [0.2, 0.25) is 0 Å². The minimum atomic E-state index is -3.77. The molecular weight excluding hydrogens is 304 g/mol. The van der Waals surface area contributed by atoms with E-state index in [4.69, 9.17) is 5.73 Å². The van der Waals surface area contributed by atoms with E-state index >= 15 is 0 Å². The van der Waals surface area contributed by atoms with Crippen LogP contribution in [-0.2, 0) is 10.2 Å². The van der Waals surface area contributed by atoms with Crippen molar-refractivity contribution in [3.05, 3.63) is 36.7 Å². The Morgan fingerprint density at radius 3 is 2.45 bits per heavy atom. The molecule has 0 saturated carbocycles. The highest BCUT2D eigenvalue weighted by molar-refractivity contribution is 7.87. The molecule has 3 aromatic rings. The summed E-state index contributed by atoms with van der Waals surface area (Å²) in [5.41, 5.74) is 8.68. The summed E-state index contributed by atoms with van der Waals surface area (Å²) in [6.07, 6.45) is 3.31. The molecule has 8 nitrogen and oxygen atoms in total. The second-order valence-corrected chi connectivity index (χ2v) is 6.86. The van der Waals surface area contributed by atoms with Gasteiger partial charge in [-0.05, 0) is 40.6 Å². The van der Waals surface area contributed by atoms with Crippen molar-refractivity contribution in [2.45, 2.75) is 0 Å². The zero-order valence-corrected chi connectivity index (χ0v) is 12.8. The monoisotopic (exact) mass is 318 g/mol. The van der Waals surface area contributed by atoms with Crippen LogP contribution >= 0.6 is 0 Å². The van der Waals surface area contributed by atoms with Gasteiger partial charge in [-0.15, -0.1) is 9.19 Å². The van der Waals surface area contributed by atoms with Gasteiger partial charge in [0.25, 0.3) is 0 Å². The standard InChI is InChI=1S/C13H14N6O2S/c1-18(2)22(20,21)19-12-8-10(9-3-5-15-6-4-9)7-11(14)13(12)16-17-19/h3-8H,14H2,1-2H3. The zero-order valence-electron chi connectivity index (χ0n) is 12.0. The molecule has 114 valence electrons. The summed E-state index contributed by atoms with van der Waals surface area (Å²) in [6, 6.07) is 7.06. The van der Waals surface area contributed by atoms with Crippen molar-refractivity contribution in [3.63, 3.8) is 0 Å². The Morgan fingerprint density at radius 2 is 1.82 bits per heavy atom. The fourth-order valence-electron chi connectivity index (χ4n) is 2.07. The number of nitrogen functional groups attached to an aromatic ring is 1. The molecule has 22 heavy (non-hydrogen) atoms. The third-order valence-electron chi connectivity index (χ3n) is 3.24. The van der Waals surface area contributed by atoms with E-state index in [1.807, 2.05) is 12.1 Å². The lowest BCUT2D eigenvalue weighted by Crippen LogP contribution is -2.29. The van der Waals surface area contributed by atoms with Crippen molar-refractivity contribution in [2.24, 2.45) is 0 Å². The second kappa shape index (κ2) is 5.04. The first-order valence-corrected chi connectivity index (χ1v) is 7.79. The van der Waals surface area contributed by atoms with Gasteiger partial charge in [-0.2, -0.15) is 12.7 Å². The van der Waals surface area contributed by atoms with Crippen molar-refractivity contribution in [1.82, 2.24) is 23.7 Å². The van der Waals surface area contributed by atoms with Crippen LogP contribution < -0.4 is 5.73 Å². The molecular formula is C13H14N6O2S. The van der Waals surface area contributed by atoms with Gasteiger partial charge in [-0.3, -0.25) is 4.98 Å². The van der Waals surface area contributed by atoms with E-state index in [1.54, 1.807) is 24.5 Å².